The van der Waals surface area contributed by atoms with Crippen molar-refractivity contribution in [1.82, 2.24) is 19.7 Å². The highest BCUT2D eigenvalue weighted by Gasteiger charge is 2.11. The lowest BCUT2D eigenvalue weighted by molar-refractivity contribution is 0.794. The first-order chi connectivity index (χ1) is 9.34. The molecule has 3 rings (SSSR count). The Hall–Kier alpha value is -1.66. The van der Waals surface area contributed by atoms with E-state index in [2.05, 4.69) is 27.3 Å². The lowest BCUT2D eigenvalue weighted by Crippen LogP contribution is -1.94. The zero-order valence-corrected chi connectivity index (χ0v) is 12.0. The third-order valence-corrected chi connectivity index (χ3v) is 4.62. The van der Waals surface area contributed by atoms with E-state index in [-0.39, 0.29) is 0 Å². The fourth-order valence-electron chi connectivity index (χ4n) is 1.69. The van der Waals surface area contributed by atoms with Gasteiger partial charge in [-0.2, -0.15) is 0 Å². The number of rotatable bonds is 4. The van der Waals surface area contributed by atoms with Gasteiger partial charge in [-0.15, -0.1) is 21.5 Å². The number of nitrogens with zero attached hydrogens (tertiary/aromatic N) is 4. The van der Waals surface area contributed by atoms with Crippen LogP contribution in [0.25, 0.3) is 10.7 Å². The molecule has 19 heavy (non-hydrogen) atoms. The maximum Gasteiger partial charge on any atom is 0.191 e. The van der Waals surface area contributed by atoms with E-state index in [9.17, 15) is 0 Å². The van der Waals surface area contributed by atoms with E-state index >= 15 is 0 Å². The number of pyridine rings is 1. The molecule has 0 fully saturated rings. The predicted molar refractivity (Wildman–Crippen MR) is 78.1 cm³/mol. The van der Waals surface area contributed by atoms with Gasteiger partial charge in [-0.3, -0.25) is 4.98 Å². The molecular weight excluding hydrogens is 276 g/mol. The Kier molecular flexibility index (Phi) is 3.61. The molecule has 0 atom stereocenters. The van der Waals surface area contributed by atoms with E-state index < -0.39 is 0 Å². The summed E-state index contributed by atoms with van der Waals surface area (Å²) in [6.07, 6.45) is 3.66. The molecule has 3 aromatic rings. The van der Waals surface area contributed by atoms with Gasteiger partial charge in [-0.1, -0.05) is 23.9 Å². The Morgan fingerprint density at radius 1 is 1.26 bits per heavy atom. The number of thiophene rings is 1. The van der Waals surface area contributed by atoms with Crippen LogP contribution in [0.5, 0.6) is 0 Å². The van der Waals surface area contributed by atoms with E-state index in [0.29, 0.717) is 0 Å². The van der Waals surface area contributed by atoms with Crippen molar-refractivity contribution in [2.75, 3.05) is 0 Å². The predicted octanol–water partition coefficient (Wildman–Crippen LogP) is 3.23. The summed E-state index contributed by atoms with van der Waals surface area (Å²) < 4.78 is 2.03. The average Bonchev–Trinajstić information content (AvgIpc) is 3.07. The Morgan fingerprint density at radius 3 is 2.95 bits per heavy atom. The Bertz CT molecular complexity index is 647. The monoisotopic (exact) mass is 288 g/mol. The van der Waals surface area contributed by atoms with Gasteiger partial charge in [-0.05, 0) is 23.1 Å². The number of thioether (sulfide) groups is 1. The van der Waals surface area contributed by atoms with Crippen molar-refractivity contribution in [3.63, 3.8) is 0 Å². The highest BCUT2D eigenvalue weighted by atomic mass is 32.2. The summed E-state index contributed by atoms with van der Waals surface area (Å²) >= 11 is 3.35. The van der Waals surface area contributed by atoms with Crippen molar-refractivity contribution in [1.29, 1.82) is 0 Å². The van der Waals surface area contributed by atoms with Crippen LogP contribution >= 0.6 is 23.1 Å². The lowest BCUT2D eigenvalue weighted by Gasteiger charge is -2.02. The van der Waals surface area contributed by atoms with Crippen LogP contribution in [-0.4, -0.2) is 19.7 Å². The summed E-state index contributed by atoms with van der Waals surface area (Å²) in [6, 6.07) is 8.10. The molecule has 0 bridgehead atoms. The molecule has 3 aromatic heterocycles. The third-order valence-electron chi connectivity index (χ3n) is 2.67. The third kappa shape index (κ3) is 2.69. The van der Waals surface area contributed by atoms with Crippen molar-refractivity contribution in [3.05, 3.63) is 47.6 Å². The van der Waals surface area contributed by atoms with Gasteiger partial charge in [0.05, 0.1) is 4.88 Å². The van der Waals surface area contributed by atoms with Crippen molar-refractivity contribution < 1.29 is 0 Å². The first-order valence-corrected chi connectivity index (χ1v) is 7.66. The first kappa shape index (κ1) is 12.4. The summed E-state index contributed by atoms with van der Waals surface area (Å²) in [5.41, 5.74) is 1.19. The normalized spacial score (nSPS) is 10.8. The highest BCUT2D eigenvalue weighted by molar-refractivity contribution is 7.98. The van der Waals surface area contributed by atoms with E-state index in [1.807, 2.05) is 35.3 Å². The van der Waals surface area contributed by atoms with E-state index in [0.717, 1.165) is 21.6 Å². The molecule has 0 aliphatic carbocycles. The minimum atomic E-state index is 0.851. The van der Waals surface area contributed by atoms with Gasteiger partial charge in [0.1, 0.15) is 0 Å². The number of hydrogen-bond donors (Lipinski definition) is 0. The molecule has 0 aliphatic rings. The van der Waals surface area contributed by atoms with Gasteiger partial charge in [0.25, 0.3) is 0 Å². The van der Waals surface area contributed by atoms with Crippen molar-refractivity contribution in [2.24, 2.45) is 7.05 Å². The number of aromatic nitrogens is 4. The molecule has 0 unspecified atom stereocenters. The summed E-state index contributed by atoms with van der Waals surface area (Å²) in [7, 11) is 2.00. The SMILES string of the molecule is Cn1c(SCc2cccnc2)nnc1-c1cccs1. The van der Waals surface area contributed by atoms with Gasteiger partial charge in [0.2, 0.25) is 0 Å². The summed E-state index contributed by atoms with van der Waals surface area (Å²) in [5.74, 6) is 1.77. The van der Waals surface area contributed by atoms with Crippen LogP contribution in [0.4, 0.5) is 0 Å². The molecule has 4 nitrogen and oxygen atoms in total. The molecule has 0 amide bonds. The van der Waals surface area contributed by atoms with Crippen molar-refractivity contribution >= 4 is 23.1 Å². The molecule has 6 heteroatoms. The molecule has 0 saturated carbocycles. The van der Waals surface area contributed by atoms with Crippen LogP contribution < -0.4 is 0 Å². The quantitative estimate of drug-likeness (QED) is 0.691. The van der Waals surface area contributed by atoms with Crippen LogP contribution in [0.15, 0.2) is 47.2 Å². The standard InChI is InChI=1S/C13H12N4S2/c1-17-12(11-5-3-7-18-11)15-16-13(17)19-9-10-4-2-6-14-8-10/h2-8H,9H2,1H3. The first-order valence-electron chi connectivity index (χ1n) is 5.79. The van der Waals surface area contributed by atoms with E-state index in [4.69, 9.17) is 0 Å². The fraction of sp³-hybridized carbons (Fsp3) is 0.154. The molecule has 0 aliphatic heterocycles. The minimum Gasteiger partial charge on any atom is -0.304 e. The highest BCUT2D eigenvalue weighted by Crippen LogP contribution is 2.27. The molecule has 96 valence electrons. The van der Waals surface area contributed by atoms with Crippen molar-refractivity contribution in [3.8, 4) is 10.7 Å². The second-order valence-corrected chi connectivity index (χ2v) is 5.88. The van der Waals surface area contributed by atoms with Crippen molar-refractivity contribution in [2.45, 2.75) is 10.9 Å². The van der Waals surface area contributed by atoms with Crippen LogP contribution in [0.1, 0.15) is 5.56 Å². The second kappa shape index (κ2) is 5.54. The Balaban J connectivity index is 1.76. The fourth-order valence-corrected chi connectivity index (χ4v) is 3.28. The average molecular weight is 288 g/mol. The Morgan fingerprint density at radius 2 is 2.21 bits per heavy atom. The Labute approximate surface area is 119 Å². The molecule has 0 saturated heterocycles. The lowest BCUT2D eigenvalue weighted by atomic mass is 10.3. The number of hydrogen-bond acceptors (Lipinski definition) is 5. The summed E-state index contributed by atoms with van der Waals surface area (Å²) in [6.45, 7) is 0. The smallest absolute Gasteiger partial charge is 0.191 e. The van der Waals surface area contributed by atoms with E-state index in [1.165, 1.54) is 5.56 Å². The maximum absolute atomic E-state index is 4.26. The molecule has 0 aromatic carbocycles. The minimum absolute atomic E-state index is 0.851. The van der Waals surface area contributed by atoms with Gasteiger partial charge in [-0.25, -0.2) is 0 Å². The molecular formula is C13H12N4S2. The van der Waals surface area contributed by atoms with Crippen LogP contribution in [0, 0.1) is 0 Å². The molecule has 0 N–H and O–H groups in total. The van der Waals surface area contributed by atoms with Gasteiger partial charge < -0.3 is 4.57 Å². The van der Waals surface area contributed by atoms with Crippen LogP contribution in [-0.2, 0) is 12.8 Å². The van der Waals surface area contributed by atoms with Gasteiger partial charge in [0, 0.05) is 25.2 Å². The zero-order chi connectivity index (χ0) is 13.1. The summed E-state index contributed by atoms with van der Waals surface area (Å²) in [5, 5.41) is 11.5. The van der Waals surface area contributed by atoms with Gasteiger partial charge in [0.15, 0.2) is 11.0 Å². The maximum atomic E-state index is 4.26. The second-order valence-electron chi connectivity index (χ2n) is 3.99. The van der Waals surface area contributed by atoms with Crippen LogP contribution in [0.2, 0.25) is 0 Å². The van der Waals surface area contributed by atoms with Gasteiger partial charge >= 0.3 is 0 Å². The van der Waals surface area contributed by atoms with Crippen LogP contribution in [0.3, 0.4) is 0 Å². The zero-order valence-electron chi connectivity index (χ0n) is 10.4. The topological polar surface area (TPSA) is 43.6 Å². The largest absolute Gasteiger partial charge is 0.304 e. The summed E-state index contributed by atoms with van der Waals surface area (Å²) in [4.78, 5) is 5.25. The molecule has 0 radical (unpaired) electrons. The van der Waals surface area contributed by atoms with E-state index in [1.54, 1.807) is 29.3 Å². The molecule has 3 heterocycles. The molecule has 0 spiro atoms.